The monoisotopic (exact) mass is 259 g/mol. The Balaban J connectivity index is 2.45. The first-order valence-corrected chi connectivity index (χ1v) is 6.54. The van der Waals surface area contributed by atoms with Crippen molar-refractivity contribution in [1.82, 2.24) is 4.57 Å². The summed E-state index contributed by atoms with van der Waals surface area (Å²) in [7, 11) is 0. The van der Waals surface area contributed by atoms with Crippen LogP contribution >= 0.6 is 11.6 Å². The third-order valence-corrected chi connectivity index (χ3v) is 3.73. The normalized spacial score (nSPS) is 13.2. The molecule has 3 aromatic rings. The molecule has 1 unspecified atom stereocenters. The van der Waals surface area contributed by atoms with Gasteiger partial charge in [-0.25, -0.2) is 0 Å². The largest absolute Gasteiger partial charge is 0.394 e. The van der Waals surface area contributed by atoms with E-state index < -0.39 is 0 Å². The van der Waals surface area contributed by atoms with Gasteiger partial charge in [-0.3, -0.25) is 0 Å². The van der Waals surface area contributed by atoms with Crippen molar-refractivity contribution in [1.29, 1.82) is 0 Å². The molecule has 0 saturated carbocycles. The maximum absolute atomic E-state index is 9.51. The predicted octanol–water partition coefficient (Wildman–Crippen LogP) is 3.57. The minimum absolute atomic E-state index is 0.0478. The maximum atomic E-state index is 9.51. The van der Waals surface area contributed by atoms with E-state index in [1.54, 1.807) is 0 Å². The Morgan fingerprint density at radius 2 is 1.44 bits per heavy atom. The van der Waals surface area contributed by atoms with E-state index in [4.69, 9.17) is 11.6 Å². The Morgan fingerprint density at radius 3 is 1.89 bits per heavy atom. The molecule has 1 atom stereocenters. The molecule has 1 N–H and O–H groups in total. The summed E-state index contributed by atoms with van der Waals surface area (Å²) in [6, 6.07) is 16.4. The number of halogens is 1. The van der Waals surface area contributed by atoms with Crippen LogP contribution in [0, 0.1) is 0 Å². The number of para-hydroxylation sites is 2. The van der Waals surface area contributed by atoms with Gasteiger partial charge in [-0.05, 0) is 12.1 Å². The summed E-state index contributed by atoms with van der Waals surface area (Å²) in [5.41, 5.74) is 2.25. The molecule has 0 aliphatic rings. The van der Waals surface area contributed by atoms with Crippen LogP contribution in [-0.2, 0) is 0 Å². The lowest BCUT2D eigenvalue weighted by molar-refractivity contribution is 0.246. The van der Waals surface area contributed by atoms with Crippen LogP contribution in [0.1, 0.15) is 6.04 Å². The quantitative estimate of drug-likeness (QED) is 0.715. The lowest BCUT2D eigenvalue weighted by Gasteiger charge is -2.16. The Labute approximate surface area is 110 Å². The molecule has 0 saturated heterocycles. The minimum Gasteiger partial charge on any atom is -0.394 e. The molecular formula is C15H14ClNO. The van der Waals surface area contributed by atoms with Crippen molar-refractivity contribution in [3.8, 4) is 0 Å². The van der Waals surface area contributed by atoms with E-state index in [1.165, 1.54) is 10.8 Å². The van der Waals surface area contributed by atoms with Gasteiger partial charge in [-0.1, -0.05) is 36.4 Å². The number of aliphatic hydroxyl groups is 1. The van der Waals surface area contributed by atoms with Crippen molar-refractivity contribution in [2.24, 2.45) is 0 Å². The summed E-state index contributed by atoms with van der Waals surface area (Å²) in [4.78, 5) is 0. The number of aliphatic hydroxyl groups excluding tert-OH is 1. The molecule has 3 rings (SSSR count). The zero-order chi connectivity index (χ0) is 12.5. The van der Waals surface area contributed by atoms with Crippen LogP contribution in [0.15, 0.2) is 48.5 Å². The molecule has 1 heterocycles. The van der Waals surface area contributed by atoms with Crippen LogP contribution in [0.3, 0.4) is 0 Å². The van der Waals surface area contributed by atoms with E-state index in [0.717, 1.165) is 11.0 Å². The van der Waals surface area contributed by atoms with E-state index in [-0.39, 0.29) is 12.6 Å². The topological polar surface area (TPSA) is 25.2 Å². The van der Waals surface area contributed by atoms with E-state index in [2.05, 4.69) is 28.8 Å². The smallest absolute Gasteiger partial charge is 0.0708 e. The molecule has 0 aliphatic carbocycles. The molecular weight excluding hydrogens is 246 g/mol. The maximum Gasteiger partial charge on any atom is 0.0708 e. The molecule has 18 heavy (non-hydrogen) atoms. The second-order valence-electron chi connectivity index (χ2n) is 4.40. The van der Waals surface area contributed by atoms with E-state index in [1.807, 2.05) is 24.3 Å². The first-order chi connectivity index (χ1) is 8.86. The second-order valence-corrected chi connectivity index (χ2v) is 4.70. The third kappa shape index (κ3) is 1.61. The van der Waals surface area contributed by atoms with Crippen molar-refractivity contribution in [2.75, 3.05) is 12.5 Å². The first kappa shape index (κ1) is 11.6. The van der Waals surface area contributed by atoms with E-state index in [9.17, 15) is 5.11 Å². The van der Waals surface area contributed by atoms with E-state index >= 15 is 0 Å². The Bertz CT molecular complexity index is 632. The van der Waals surface area contributed by atoms with Gasteiger partial charge in [-0.15, -0.1) is 11.6 Å². The molecule has 92 valence electrons. The standard InChI is InChI=1S/C15H14ClNO/c16-9-11(10-18)17-14-7-3-1-5-12(14)13-6-2-4-8-15(13)17/h1-8,11,18H,9-10H2. The van der Waals surface area contributed by atoms with Gasteiger partial charge in [0.15, 0.2) is 0 Å². The number of fused-ring (bicyclic) bond motifs is 3. The van der Waals surface area contributed by atoms with Crippen LogP contribution in [0.25, 0.3) is 21.8 Å². The fourth-order valence-electron chi connectivity index (χ4n) is 2.55. The average molecular weight is 260 g/mol. The van der Waals surface area contributed by atoms with Crippen molar-refractivity contribution in [3.05, 3.63) is 48.5 Å². The number of hydrogen-bond donors (Lipinski definition) is 1. The molecule has 0 radical (unpaired) electrons. The SMILES string of the molecule is OCC(CCl)n1c2ccccc2c2ccccc21. The molecule has 1 aromatic heterocycles. The molecule has 0 aliphatic heterocycles. The highest BCUT2D eigenvalue weighted by Crippen LogP contribution is 2.31. The van der Waals surface area contributed by atoms with Gasteiger partial charge in [0.2, 0.25) is 0 Å². The van der Waals surface area contributed by atoms with Gasteiger partial charge in [0, 0.05) is 27.7 Å². The molecule has 2 aromatic carbocycles. The average Bonchev–Trinajstić information content (AvgIpc) is 2.76. The lowest BCUT2D eigenvalue weighted by Crippen LogP contribution is -2.14. The Hall–Kier alpha value is -1.51. The minimum atomic E-state index is -0.0866. The van der Waals surface area contributed by atoms with E-state index in [0.29, 0.717) is 5.88 Å². The summed E-state index contributed by atoms with van der Waals surface area (Å²) in [6.07, 6.45) is 0. The molecule has 0 fully saturated rings. The first-order valence-electron chi connectivity index (χ1n) is 6.01. The molecule has 0 spiro atoms. The van der Waals surface area contributed by atoms with Gasteiger partial charge in [0.05, 0.1) is 12.6 Å². The second kappa shape index (κ2) is 4.63. The highest BCUT2D eigenvalue weighted by atomic mass is 35.5. The van der Waals surface area contributed by atoms with Crippen molar-refractivity contribution >= 4 is 33.4 Å². The summed E-state index contributed by atoms with van der Waals surface area (Å²) in [5.74, 6) is 0.402. The van der Waals surface area contributed by atoms with Crippen LogP contribution in [0.5, 0.6) is 0 Å². The van der Waals surface area contributed by atoms with Crippen LogP contribution in [-0.4, -0.2) is 22.2 Å². The van der Waals surface area contributed by atoms with Crippen LogP contribution < -0.4 is 0 Å². The van der Waals surface area contributed by atoms with Gasteiger partial charge >= 0.3 is 0 Å². The molecule has 0 amide bonds. The number of nitrogens with zero attached hydrogens (tertiary/aromatic N) is 1. The Morgan fingerprint density at radius 1 is 0.944 bits per heavy atom. The summed E-state index contributed by atoms with van der Waals surface area (Å²) in [5, 5.41) is 11.9. The summed E-state index contributed by atoms with van der Waals surface area (Å²) < 4.78 is 2.14. The van der Waals surface area contributed by atoms with Crippen LogP contribution in [0.4, 0.5) is 0 Å². The number of alkyl halides is 1. The Kier molecular flexibility index (Phi) is 2.98. The number of hydrogen-bond acceptors (Lipinski definition) is 1. The lowest BCUT2D eigenvalue weighted by atomic mass is 10.2. The highest BCUT2D eigenvalue weighted by molar-refractivity contribution is 6.18. The summed E-state index contributed by atoms with van der Waals surface area (Å²) >= 11 is 5.98. The van der Waals surface area contributed by atoms with Crippen LogP contribution in [0.2, 0.25) is 0 Å². The van der Waals surface area contributed by atoms with Gasteiger partial charge in [0.1, 0.15) is 0 Å². The van der Waals surface area contributed by atoms with Crippen molar-refractivity contribution in [3.63, 3.8) is 0 Å². The number of aromatic nitrogens is 1. The highest BCUT2D eigenvalue weighted by Gasteiger charge is 2.16. The van der Waals surface area contributed by atoms with Gasteiger partial charge in [0.25, 0.3) is 0 Å². The molecule has 0 bridgehead atoms. The van der Waals surface area contributed by atoms with Gasteiger partial charge in [-0.2, -0.15) is 0 Å². The molecule has 3 heteroatoms. The number of rotatable bonds is 3. The van der Waals surface area contributed by atoms with Gasteiger partial charge < -0.3 is 9.67 Å². The molecule has 2 nitrogen and oxygen atoms in total. The summed E-state index contributed by atoms with van der Waals surface area (Å²) in [6.45, 7) is 0.0478. The fourth-order valence-corrected chi connectivity index (χ4v) is 2.78. The van der Waals surface area contributed by atoms with Crippen molar-refractivity contribution < 1.29 is 5.11 Å². The zero-order valence-electron chi connectivity index (χ0n) is 9.88. The fraction of sp³-hybridized carbons (Fsp3) is 0.200. The van der Waals surface area contributed by atoms with Crippen molar-refractivity contribution in [2.45, 2.75) is 6.04 Å². The zero-order valence-corrected chi connectivity index (χ0v) is 10.6. The predicted molar refractivity (Wildman–Crippen MR) is 76.3 cm³/mol. The third-order valence-electron chi connectivity index (χ3n) is 3.37. The number of benzene rings is 2.